The van der Waals surface area contributed by atoms with Crippen LogP contribution in [-0.4, -0.2) is 16.5 Å². The minimum atomic E-state index is 0.244. The topological polar surface area (TPSA) is 55.0 Å². The minimum absolute atomic E-state index is 0.244. The molecule has 2 heterocycles. The molecule has 2 N–H and O–H groups in total. The molecule has 0 radical (unpaired) electrons. The first kappa shape index (κ1) is 11.3. The summed E-state index contributed by atoms with van der Waals surface area (Å²) < 4.78 is 0. The molecule has 3 rings (SSSR count). The van der Waals surface area contributed by atoms with Gasteiger partial charge in [-0.15, -0.1) is 0 Å². The van der Waals surface area contributed by atoms with Crippen LogP contribution in [0.3, 0.4) is 0 Å². The molecule has 18 heavy (non-hydrogen) atoms. The summed E-state index contributed by atoms with van der Waals surface area (Å²) in [4.78, 5) is 10.6. The van der Waals surface area contributed by atoms with Crippen molar-refractivity contribution in [3.63, 3.8) is 0 Å². The summed E-state index contributed by atoms with van der Waals surface area (Å²) in [5.41, 5.74) is 8.79. The smallest absolute Gasteiger partial charge is 0.221 e. The Labute approximate surface area is 110 Å². The first-order valence-corrected chi connectivity index (χ1v) is 6.22. The van der Waals surface area contributed by atoms with Crippen molar-refractivity contribution < 1.29 is 0 Å². The molecule has 1 aromatic carbocycles. The maximum atomic E-state index is 6.09. The second kappa shape index (κ2) is 4.46. The Bertz CT molecular complexity index is 571. The number of para-hydroxylation sites is 1. The molecule has 0 bridgehead atoms. The number of benzene rings is 1. The largest absolute Gasteiger partial charge is 0.368 e. The fourth-order valence-electron chi connectivity index (χ4n) is 2.26. The van der Waals surface area contributed by atoms with Crippen molar-refractivity contribution in [3.05, 3.63) is 46.7 Å². The molecule has 0 aliphatic carbocycles. The van der Waals surface area contributed by atoms with E-state index in [1.165, 1.54) is 5.69 Å². The number of anilines is 2. The van der Waals surface area contributed by atoms with Crippen LogP contribution in [0.25, 0.3) is 0 Å². The first-order valence-electron chi connectivity index (χ1n) is 5.85. The van der Waals surface area contributed by atoms with Gasteiger partial charge in [0.25, 0.3) is 0 Å². The van der Waals surface area contributed by atoms with E-state index in [0.717, 1.165) is 30.8 Å². The van der Waals surface area contributed by atoms with Crippen molar-refractivity contribution >= 4 is 23.2 Å². The Morgan fingerprint density at radius 1 is 1.17 bits per heavy atom. The zero-order valence-electron chi connectivity index (χ0n) is 9.81. The third kappa shape index (κ3) is 1.99. The van der Waals surface area contributed by atoms with Crippen molar-refractivity contribution in [2.45, 2.75) is 13.0 Å². The fourth-order valence-corrected chi connectivity index (χ4v) is 2.55. The van der Waals surface area contributed by atoms with E-state index in [9.17, 15) is 0 Å². The summed E-state index contributed by atoms with van der Waals surface area (Å²) in [6.45, 7) is 1.65. The summed E-state index contributed by atoms with van der Waals surface area (Å²) in [5.74, 6) is 0.244. The second-order valence-corrected chi connectivity index (χ2v) is 4.66. The van der Waals surface area contributed by atoms with E-state index >= 15 is 0 Å². The molecule has 0 saturated heterocycles. The van der Waals surface area contributed by atoms with E-state index in [-0.39, 0.29) is 5.95 Å². The van der Waals surface area contributed by atoms with Gasteiger partial charge in [-0.2, -0.15) is 0 Å². The lowest BCUT2D eigenvalue weighted by Gasteiger charge is -2.30. The molecular formula is C13H13ClN4. The summed E-state index contributed by atoms with van der Waals surface area (Å²) in [6.07, 6.45) is 0.851. The van der Waals surface area contributed by atoms with Gasteiger partial charge in [-0.3, -0.25) is 0 Å². The Hall–Kier alpha value is -1.81. The van der Waals surface area contributed by atoms with Crippen molar-refractivity contribution in [3.8, 4) is 0 Å². The normalized spacial score (nSPS) is 14.4. The highest BCUT2D eigenvalue weighted by atomic mass is 35.5. The van der Waals surface area contributed by atoms with Gasteiger partial charge in [0.2, 0.25) is 5.95 Å². The molecule has 1 aromatic heterocycles. The van der Waals surface area contributed by atoms with Gasteiger partial charge in [0.1, 0.15) is 5.15 Å². The van der Waals surface area contributed by atoms with Gasteiger partial charge in [0, 0.05) is 17.8 Å². The molecule has 0 spiro atoms. The number of nitrogens with zero attached hydrogens (tertiary/aromatic N) is 3. The van der Waals surface area contributed by atoms with Crippen LogP contribution in [0.2, 0.25) is 5.15 Å². The lowest BCUT2D eigenvalue weighted by molar-refractivity contribution is 0.706. The summed E-state index contributed by atoms with van der Waals surface area (Å²) in [5, 5.41) is 0.491. The van der Waals surface area contributed by atoms with E-state index in [1.807, 2.05) is 18.2 Å². The van der Waals surface area contributed by atoms with Gasteiger partial charge in [0.05, 0.1) is 12.2 Å². The Morgan fingerprint density at radius 3 is 2.72 bits per heavy atom. The van der Waals surface area contributed by atoms with Crippen LogP contribution < -0.4 is 10.6 Å². The number of hydrogen-bond acceptors (Lipinski definition) is 4. The van der Waals surface area contributed by atoms with Crippen LogP contribution in [0.1, 0.15) is 11.3 Å². The molecular weight excluding hydrogens is 248 g/mol. The summed E-state index contributed by atoms with van der Waals surface area (Å²) in [6, 6.07) is 10.3. The molecule has 2 aromatic rings. The predicted octanol–water partition coefficient (Wildman–Crippen LogP) is 2.27. The van der Waals surface area contributed by atoms with E-state index < -0.39 is 0 Å². The third-order valence-corrected chi connectivity index (χ3v) is 3.47. The van der Waals surface area contributed by atoms with E-state index in [4.69, 9.17) is 17.3 Å². The summed E-state index contributed by atoms with van der Waals surface area (Å²) in [7, 11) is 0. The lowest BCUT2D eigenvalue weighted by Crippen LogP contribution is -2.31. The number of nitrogens with two attached hydrogens (primary N) is 1. The van der Waals surface area contributed by atoms with Gasteiger partial charge in [-0.05, 0) is 18.6 Å². The van der Waals surface area contributed by atoms with Crippen molar-refractivity contribution in [2.24, 2.45) is 0 Å². The standard InChI is InChI=1S/C13H13ClN4/c14-12-10-6-7-18(9-4-2-1-3-5-9)8-11(10)16-13(15)17-12/h1-5H,6-8H2,(H2,15,16,17). The highest BCUT2D eigenvalue weighted by Gasteiger charge is 2.21. The van der Waals surface area contributed by atoms with E-state index in [2.05, 4.69) is 27.0 Å². The highest BCUT2D eigenvalue weighted by molar-refractivity contribution is 6.30. The van der Waals surface area contributed by atoms with Crippen molar-refractivity contribution in [2.75, 3.05) is 17.2 Å². The molecule has 0 unspecified atom stereocenters. The van der Waals surface area contributed by atoms with Gasteiger partial charge < -0.3 is 10.6 Å². The SMILES string of the molecule is Nc1nc(Cl)c2c(n1)CN(c1ccccc1)CC2. The Balaban J connectivity index is 1.94. The molecule has 1 aliphatic rings. The summed E-state index contributed by atoms with van der Waals surface area (Å²) >= 11 is 6.09. The fraction of sp³-hybridized carbons (Fsp3) is 0.231. The van der Waals surface area contributed by atoms with Crippen LogP contribution in [0, 0.1) is 0 Å². The molecule has 0 atom stereocenters. The maximum Gasteiger partial charge on any atom is 0.221 e. The molecule has 0 amide bonds. The van der Waals surface area contributed by atoms with Crippen molar-refractivity contribution in [1.82, 2.24) is 9.97 Å². The minimum Gasteiger partial charge on any atom is -0.368 e. The van der Waals surface area contributed by atoms with Gasteiger partial charge in [-0.1, -0.05) is 29.8 Å². The van der Waals surface area contributed by atoms with Gasteiger partial charge in [-0.25, -0.2) is 9.97 Å². The number of hydrogen-bond donors (Lipinski definition) is 1. The predicted molar refractivity (Wildman–Crippen MR) is 72.7 cm³/mol. The highest BCUT2D eigenvalue weighted by Crippen LogP contribution is 2.27. The molecule has 4 nitrogen and oxygen atoms in total. The Morgan fingerprint density at radius 2 is 1.94 bits per heavy atom. The average Bonchev–Trinajstić information content (AvgIpc) is 2.39. The Kier molecular flexibility index (Phi) is 2.80. The number of aromatic nitrogens is 2. The lowest BCUT2D eigenvalue weighted by atomic mass is 10.1. The zero-order valence-corrected chi connectivity index (χ0v) is 10.6. The molecule has 0 fully saturated rings. The molecule has 1 aliphatic heterocycles. The van der Waals surface area contributed by atoms with E-state index in [0.29, 0.717) is 5.15 Å². The van der Waals surface area contributed by atoms with Crippen LogP contribution in [-0.2, 0) is 13.0 Å². The second-order valence-electron chi connectivity index (χ2n) is 4.30. The molecule has 0 saturated carbocycles. The zero-order chi connectivity index (χ0) is 12.5. The van der Waals surface area contributed by atoms with Crippen LogP contribution in [0.5, 0.6) is 0 Å². The maximum absolute atomic E-state index is 6.09. The van der Waals surface area contributed by atoms with Gasteiger partial charge >= 0.3 is 0 Å². The average molecular weight is 261 g/mol. The first-order chi connectivity index (χ1) is 8.74. The monoisotopic (exact) mass is 260 g/mol. The molecule has 5 heteroatoms. The number of rotatable bonds is 1. The number of nitrogen functional groups attached to an aromatic ring is 1. The van der Waals surface area contributed by atoms with Crippen LogP contribution >= 0.6 is 11.6 Å². The van der Waals surface area contributed by atoms with Crippen LogP contribution in [0.15, 0.2) is 30.3 Å². The van der Waals surface area contributed by atoms with Crippen LogP contribution in [0.4, 0.5) is 11.6 Å². The molecule has 92 valence electrons. The van der Waals surface area contributed by atoms with Crippen molar-refractivity contribution in [1.29, 1.82) is 0 Å². The number of halogens is 1. The van der Waals surface area contributed by atoms with Gasteiger partial charge in [0.15, 0.2) is 0 Å². The number of fused-ring (bicyclic) bond motifs is 1. The quantitative estimate of drug-likeness (QED) is 0.800. The third-order valence-electron chi connectivity index (χ3n) is 3.15. The van der Waals surface area contributed by atoms with E-state index in [1.54, 1.807) is 0 Å².